The number of rotatable bonds is 4. The molecular weight excluding hydrogens is 232 g/mol. The smallest absolute Gasteiger partial charge is 0.138 e. The molecule has 1 aromatic heterocycles. The minimum Gasteiger partial charge on any atom is -0.486 e. The lowest BCUT2D eigenvalue weighted by Crippen LogP contribution is -2.33. The van der Waals surface area contributed by atoms with E-state index in [1.165, 1.54) is 0 Å². The average Bonchev–Trinajstić information content (AvgIpc) is 2.15. The largest absolute Gasteiger partial charge is 0.486 e. The Balaban J connectivity index is 2.57. The van der Waals surface area contributed by atoms with E-state index in [1.807, 2.05) is 19.1 Å². The van der Waals surface area contributed by atoms with E-state index in [2.05, 4.69) is 20.9 Å². The number of nitrogens with two attached hydrogens (primary N) is 1. The van der Waals surface area contributed by atoms with Crippen LogP contribution in [-0.4, -0.2) is 22.5 Å². The summed E-state index contributed by atoms with van der Waals surface area (Å²) in [6.07, 6.45) is 3.38. The zero-order valence-corrected chi connectivity index (χ0v) is 9.07. The number of aromatic nitrogens is 1. The molecule has 72 valence electrons. The van der Waals surface area contributed by atoms with Crippen molar-refractivity contribution in [2.75, 3.05) is 6.54 Å². The number of hydrogen-bond donors (Lipinski definition) is 1. The van der Waals surface area contributed by atoms with Crippen LogP contribution in [0.5, 0.6) is 5.75 Å². The number of pyridine rings is 1. The summed E-state index contributed by atoms with van der Waals surface area (Å²) in [5.74, 6) is 0.754. The first-order valence-corrected chi connectivity index (χ1v) is 5.06. The van der Waals surface area contributed by atoms with Gasteiger partial charge in [-0.2, -0.15) is 0 Å². The van der Waals surface area contributed by atoms with Gasteiger partial charge in [-0.1, -0.05) is 15.9 Å². The van der Waals surface area contributed by atoms with E-state index in [1.54, 1.807) is 12.4 Å². The molecular formula is C9H13BrN2O. The van der Waals surface area contributed by atoms with Crippen molar-refractivity contribution >= 4 is 15.9 Å². The summed E-state index contributed by atoms with van der Waals surface area (Å²) >= 11 is 3.43. The van der Waals surface area contributed by atoms with Crippen LogP contribution in [-0.2, 0) is 0 Å². The van der Waals surface area contributed by atoms with Crippen LogP contribution >= 0.6 is 15.9 Å². The maximum Gasteiger partial charge on any atom is 0.138 e. The molecule has 3 nitrogen and oxygen atoms in total. The topological polar surface area (TPSA) is 48.1 Å². The summed E-state index contributed by atoms with van der Waals surface area (Å²) < 4.78 is 5.59. The highest BCUT2D eigenvalue weighted by Crippen LogP contribution is 2.13. The second-order valence-electron chi connectivity index (χ2n) is 2.76. The van der Waals surface area contributed by atoms with Crippen molar-refractivity contribution in [3.8, 4) is 5.75 Å². The van der Waals surface area contributed by atoms with Crippen molar-refractivity contribution in [3.05, 3.63) is 24.5 Å². The zero-order chi connectivity index (χ0) is 9.68. The number of alkyl halides is 1. The van der Waals surface area contributed by atoms with Crippen LogP contribution in [0, 0.1) is 0 Å². The minimum atomic E-state index is -0.0100. The van der Waals surface area contributed by atoms with E-state index >= 15 is 0 Å². The number of ether oxygens (including phenoxy) is 1. The van der Waals surface area contributed by atoms with Crippen molar-refractivity contribution in [1.82, 2.24) is 4.98 Å². The molecule has 0 aliphatic heterocycles. The van der Waals surface area contributed by atoms with Gasteiger partial charge < -0.3 is 10.5 Å². The number of halogens is 1. The van der Waals surface area contributed by atoms with E-state index < -0.39 is 0 Å². The van der Waals surface area contributed by atoms with Crippen LogP contribution in [0.15, 0.2) is 24.5 Å². The van der Waals surface area contributed by atoms with Crippen molar-refractivity contribution in [2.24, 2.45) is 5.73 Å². The molecule has 2 N–H and O–H groups in total. The van der Waals surface area contributed by atoms with Gasteiger partial charge in [0.1, 0.15) is 11.9 Å². The number of nitrogens with zero attached hydrogens (tertiary/aromatic N) is 1. The van der Waals surface area contributed by atoms with E-state index in [0.29, 0.717) is 6.54 Å². The molecule has 0 radical (unpaired) electrons. The fourth-order valence-corrected chi connectivity index (χ4v) is 1.24. The third-order valence-electron chi connectivity index (χ3n) is 1.67. The second-order valence-corrected chi connectivity index (χ2v) is 4.20. The van der Waals surface area contributed by atoms with E-state index in [0.717, 1.165) is 5.75 Å². The van der Waals surface area contributed by atoms with Gasteiger partial charge in [0.25, 0.3) is 0 Å². The summed E-state index contributed by atoms with van der Waals surface area (Å²) in [6, 6.07) is 3.70. The Bertz CT molecular complexity index is 241. The summed E-state index contributed by atoms with van der Waals surface area (Å²) in [7, 11) is 0. The third-order valence-corrected chi connectivity index (χ3v) is 2.26. The van der Waals surface area contributed by atoms with Crippen LogP contribution in [0.2, 0.25) is 0 Å². The minimum absolute atomic E-state index is 0.0100. The molecule has 0 spiro atoms. The van der Waals surface area contributed by atoms with Gasteiger partial charge in [-0.25, -0.2) is 0 Å². The van der Waals surface area contributed by atoms with Gasteiger partial charge in [0, 0.05) is 17.6 Å². The Morgan fingerprint density at radius 2 is 2.46 bits per heavy atom. The van der Waals surface area contributed by atoms with Crippen LogP contribution in [0.25, 0.3) is 0 Å². The van der Waals surface area contributed by atoms with Crippen molar-refractivity contribution in [1.29, 1.82) is 0 Å². The molecule has 0 saturated heterocycles. The van der Waals surface area contributed by atoms with Gasteiger partial charge in [0.05, 0.1) is 6.20 Å². The van der Waals surface area contributed by atoms with Gasteiger partial charge in [0.2, 0.25) is 0 Å². The molecule has 1 heterocycles. The predicted molar refractivity (Wildman–Crippen MR) is 56.1 cm³/mol. The Labute approximate surface area is 86.4 Å². The molecule has 2 unspecified atom stereocenters. The summed E-state index contributed by atoms with van der Waals surface area (Å²) in [5, 5.41) is 0. The highest BCUT2D eigenvalue weighted by Gasteiger charge is 2.14. The first-order chi connectivity index (χ1) is 6.24. The van der Waals surface area contributed by atoms with Crippen LogP contribution < -0.4 is 10.5 Å². The van der Waals surface area contributed by atoms with Crippen LogP contribution in [0.1, 0.15) is 6.92 Å². The van der Waals surface area contributed by atoms with E-state index in [-0.39, 0.29) is 10.9 Å². The van der Waals surface area contributed by atoms with Gasteiger partial charge in [-0.3, -0.25) is 4.98 Å². The first-order valence-electron chi connectivity index (χ1n) is 4.15. The Kier molecular flexibility index (Phi) is 4.18. The summed E-state index contributed by atoms with van der Waals surface area (Å²) in [4.78, 5) is 4.18. The Morgan fingerprint density at radius 3 is 2.92 bits per heavy atom. The van der Waals surface area contributed by atoms with Gasteiger partial charge in [-0.05, 0) is 19.1 Å². The molecule has 2 atom stereocenters. The average molecular weight is 245 g/mol. The normalized spacial score (nSPS) is 15.0. The van der Waals surface area contributed by atoms with Gasteiger partial charge >= 0.3 is 0 Å². The highest BCUT2D eigenvalue weighted by molar-refractivity contribution is 9.09. The molecule has 0 aliphatic carbocycles. The molecule has 0 saturated carbocycles. The van der Waals surface area contributed by atoms with Crippen molar-refractivity contribution in [2.45, 2.75) is 17.9 Å². The molecule has 1 rings (SSSR count). The monoisotopic (exact) mass is 244 g/mol. The second kappa shape index (κ2) is 5.19. The van der Waals surface area contributed by atoms with Gasteiger partial charge in [-0.15, -0.1) is 0 Å². The molecule has 1 aromatic rings. The lowest BCUT2D eigenvalue weighted by Gasteiger charge is -2.19. The number of hydrogen-bond acceptors (Lipinski definition) is 3. The summed E-state index contributed by atoms with van der Waals surface area (Å²) in [5.41, 5.74) is 5.55. The summed E-state index contributed by atoms with van der Waals surface area (Å²) in [6.45, 7) is 2.50. The predicted octanol–water partition coefficient (Wildman–Crippen LogP) is 1.57. The SMILES string of the molecule is CC(Br)C(CN)Oc1cccnc1. The lowest BCUT2D eigenvalue weighted by molar-refractivity contribution is 0.212. The fraction of sp³-hybridized carbons (Fsp3) is 0.444. The van der Waals surface area contributed by atoms with Crippen LogP contribution in [0.3, 0.4) is 0 Å². The quantitative estimate of drug-likeness (QED) is 0.819. The maximum atomic E-state index is 5.59. The van der Waals surface area contributed by atoms with E-state index in [9.17, 15) is 0 Å². The van der Waals surface area contributed by atoms with E-state index in [4.69, 9.17) is 10.5 Å². The lowest BCUT2D eigenvalue weighted by atomic mass is 10.3. The molecule has 13 heavy (non-hydrogen) atoms. The molecule has 0 bridgehead atoms. The fourth-order valence-electron chi connectivity index (χ4n) is 0.921. The maximum absolute atomic E-state index is 5.59. The highest BCUT2D eigenvalue weighted by atomic mass is 79.9. The van der Waals surface area contributed by atoms with Gasteiger partial charge in [0.15, 0.2) is 0 Å². The Hall–Kier alpha value is -0.610. The van der Waals surface area contributed by atoms with Crippen molar-refractivity contribution < 1.29 is 4.74 Å². The first kappa shape index (κ1) is 10.5. The van der Waals surface area contributed by atoms with Crippen molar-refractivity contribution in [3.63, 3.8) is 0 Å². The molecule has 4 heteroatoms. The zero-order valence-electron chi connectivity index (χ0n) is 7.48. The molecule has 0 aliphatic rings. The molecule has 0 fully saturated rings. The third kappa shape index (κ3) is 3.32. The van der Waals surface area contributed by atoms with Crippen LogP contribution in [0.4, 0.5) is 0 Å². The molecule has 0 amide bonds. The molecule has 0 aromatic carbocycles. The Morgan fingerprint density at radius 1 is 1.69 bits per heavy atom. The standard InChI is InChI=1S/C9H13BrN2O/c1-7(10)9(5-11)13-8-3-2-4-12-6-8/h2-4,6-7,9H,5,11H2,1H3.